The number of ether oxygens (including phenoxy) is 2. The molecule has 10 heteroatoms. The summed E-state index contributed by atoms with van der Waals surface area (Å²) in [4.78, 5) is 10.6. The third-order valence-corrected chi connectivity index (χ3v) is 7.69. The first-order chi connectivity index (χ1) is 15.3. The van der Waals surface area contributed by atoms with Gasteiger partial charge in [-0.15, -0.1) is 0 Å². The van der Waals surface area contributed by atoms with Crippen LogP contribution in [-0.4, -0.2) is 43.0 Å². The van der Waals surface area contributed by atoms with E-state index in [2.05, 4.69) is 0 Å². The monoisotopic (exact) mass is 457 g/mol. The number of hydrogen-bond donors (Lipinski definition) is 0. The number of aryl methyl sites for hydroxylation is 1. The van der Waals surface area contributed by atoms with Crippen molar-refractivity contribution >= 4 is 15.7 Å². The maximum absolute atomic E-state index is 13.8. The highest BCUT2D eigenvalue weighted by Crippen LogP contribution is 2.40. The fraction of sp³-hybridized carbons (Fsp3) is 0.273. The number of rotatable bonds is 6. The number of methoxy groups -OCH3 is 2. The third-order valence-electron chi connectivity index (χ3n) is 5.69. The Labute approximate surface area is 186 Å². The number of aromatic nitrogens is 1. The molecule has 1 aliphatic rings. The molecule has 1 aliphatic heterocycles. The zero-order chi connectivity index (χ0) is 23.0. The van der Waals surface area contributed by atoms with E-state index < -0.39 is 21.0 Å². The predicted molar refractivity (Wildman–Crippen MR) is 118 cm³/mol. The Morgan fingerprint density at radius 1 is 1.03 bits per heavy atom. The van der Waals surface area contributed by atoms with E-state index in [0.717, 1.165) is 11.8 Å². The summed E-state index contributed by atoms with van der Waals surface area (Å²) in [5, 5.41) is 11.3. The molecule has 4 rings (SSSR count). The molecule has 2 aromatic carbocycles. The molecular formula is C22H23N3O6S. The Bertz CT molecular complexity index is 1280. The first-order valence-electron chi connectivity index (χ1n) is 9.91. The molecule has 0 N–H and O–H groups in total. The van der Waals surface area contributed by atoms with E-state index in [9.17, 15) is 18.5 Å². The van der Waals surface area contributed by atoms with E-state index in [-0.39, 0.29) is 17.1 Å². The van der Waals surface area contributed by atoms with Crippen molar-refractivity contribution in [3.8, 4) is 11.5 Å². The van der Waals surface area contributed by atoms with Gasteiger partial charge in [-0.25, -0.2) is 8.42 Å². The maximum Gasteiger partial charge on any atom is 0.270 e. The lowest BCUT2D eigenvalue weighted by Crippen LogP contribution is -2.42. The zero-order valence-electron chi connectivity index (χ0n) is 17.9. The number of sulfonamides is 1. The number of hydrogen-bond acceptors (Lipinski definition) is 6. The van der Waals surface area contributed by atoms with Crippen LogP contribution in [0.2, 0.25) is 0 Å². The second-order valence-corrected chi connectivity index (χ2v) is 9.33. The van der Waals surface area contributed by atoms with Gasteiger partial charge in [0.05, 0.1) is 30.1 Å². The van der Waals surface area contributed by atoms with Crippen LogP contribution in [0.15, 0.2) is 59.6 Å². The molecule has 0 aliphatic carbocycles. The van der Waals surface area contributed by atoms with Gasteiger partial charge in [0, 0.05) is 37.1 Å². The van der Waals surface area contributed by atoms with E-state index in [1.807, 2.05) is 22.9 Å². The standard InChI is InChI=1S/C22H23N3O6S/c1-15-6-8-17(25(26)27)14-21(15)32(28,29)24-12-11-23-10-4-5-18(23)22(24)16-7-9-19(30-2)20(13-16)31-3/h4-10,13-14,22H,11-12H2,1-3H3/t22-/m1/s1. The number of nitro groups is 1. The molecule has 32 heavy (non-hydrogen) atoms. The van der Waals surface area contributed by atoms with Crippen LogP contribution in [0.1, 0.15) is 22.9 Å². The molecule has 9 nitrogen and oxygen atoms in total. The van der Waals surface area contributed by atoms with Crippen molar-refractivity contribution in [2.24, 2.45) is 0 Å². The summed E-state index contributed by atoms with van der Waals surface area (Å²) in [5.41, 5.74) is 1.68. The lowest BCUT2D eigenvalue weighted by molar-refractivity contribution is -0.385. The fourth-order valence-electron chi connectivity index (χ4n) is 4.09. The molecule has 0 spiro atoms. The first-order valence-corrected chi connectivity index (χ1v) is 11.4. The number of nitro benzene ring substituents is 1. The maximum atomic E-state index is 13.8. The van der Waals surface area contributed by atoms with Crippen LogP contribution in [0.4, 0.5) is 5.69 Å². The topological polar surface area (TPSA) is 104 Å². The van der Waals surface area contributed by atoms with Gasteiger partial charge in [-0.05, 0) is 42.3 Å². The lowest BCUT2D eigenvalue weighted by Gasteiger charge is -2.36. The normalized spacial score (nSPS) is 16.4. The number of nitrogens with zero attached hydrogens (tertiary/aromatic N) is 3. The average molecular weight is 458 g/mol. The molecule has 0 unspecified atom stereocenters. The minimum Gasteiger partial charge on any atom is -0.493 e. The minimum absolute atomic E-state index is 0.0721. The van der Waals surface area contributed by atoms with Crippen LogP contribution in [0.5, 0.6) is 11.5 Å². The molecule has 0 fully saturated rings. The number of non-ortho nitro benzene ring substituents is 1. The lowest BCUT2D eigenvalue weighted by atomic mass is 10.0. The summed E-state index contributed by atoms with van der Waals surface area (Å²) in [6, 6.07) is 12.3. The van der Waals surface area contributed by atoms with Gasteiger partial charge in [-0.2, -0.15) is 4.31 Å². The summed E-state index contributed by atoms with van der Waals surface area (Å²) < 4.78 is 41.8. The number of benzene rings is 2. The summed E-state index contributed by atoms with van der Waals surface area (Å²) in [6.45, 7) is 2.32. The summed E-state index contributed by atoms with van der Waals surface area (Å²) in [7, 11) is -1.01. The Kier molecular flexibility index (Phi) is 5.66. The molecule has 0 saturated carbocycles. The van der Waals surface area contributed by atoms with Crippen molar-refractivity contribution in [2.75, 3.05) is 20.8 Å². The van der Waals surface area contributed by atoms with Crippen molar-refractivity contribution in [3.63, 3.8) is 0 Å². The predicted octanol–water partition coefficient (Wildman–Crippen LogP) is 3.52. The Morgan fingerprint density at radius 2 is 1.78 bits per heavy atom. The van der Waals surface area contributed by atoms with E-state index in [0.29, 0.717) is 29.2 Å². The second-order valence-electron chi connectivity index (χ2n) is 7.47. The quantitative estimate of drug-likeness (QED) is 0.414. The zero-order valence-corrected chi connectivity index (χ0v) is 18.7. The molecule has 0 amide bonds. The molecule has 168 valence electrons. The summed E-state index contributed by atoms with van der Waals surface area (Å²) in [5.74, 6) is 1.02. The highest BCUT2D eigenvalue weighted by molar-refractivity contribution is 7.89. The molecule has 0 radical (unpaired) electrons. The van der Waals surface area contributed by atoms with Crippen molar-refractivity contribution in [1.82, 2.24) is 8.87 Å². The Balaban J connectivity index is 1.88. The van der Waals surface area contributed by atoms with E-state index >= 15 is 0 Å². The first kappa shape index (κ1) is 21.8. The van der Waals surface area contributed by atoms with Crippen LogP contribution in [0.3, 0.4) is 0 Å². The summed E-state index contributed by atoms with van der Waals surface area (Å²) >= 11 is 0. The molecule has 1 aromatic heterocycles. The average Bonchev–Trinajstić information content (AvgIpc) is 3.26. The van der Waals surface area contributed by atoms with E-state index in [4.69, 9.17) is 9.47 Å². The van der Waals surface area contributed by atoms with Crippen molar-refractivity contribution in [2.45, 2.75) is 24.4 Å². The second kappa shape index (κ2) is 8.29. The van der Waals surface area contributed by atoms with E-state index in [1.165, 1.54) is 30.7 Å². The molecule has 1 atom stereocenters. The van der Waals surface area contributed by atoms with Crippen LogP contribution in [0, 0.1) is 17.0 Å². The molecule has 3 aromatic rings. The molecular weight excluding hydrogens is 434 g/mol. The van der Waals surface area contributed by atoms with E-state index in [1.54, 1.807) is 25.1 Å². The SMILES string of the molecule is COc1ccc([C@@H]2c3cccn3CCN2S(=O)(=O)c2cc([N+](=O)[O-])ccc2C)cc1OC. The van der Waals surface area contributed by atoms with Gasteiger partial charge in [-0.1, -0.05) is 12.1 Å². The highest BCUT2D eigenvalue weighted by atomic mass is 32.2. The van der Waals surface area contributed by atoms with Gasteiger partial charge in [-0.3, -0.25) is 10.1 Å². The van der Waals surface area contributed by atoms with Crippen molar-refractivity contribution in [3.05, 3.63) is 81.7 Å². The van der Waals surface area contributed by atoms with Crippen LogP contribution < -0.4 is 9.47 Å². The molecule has 2 heterocycles. The van der Waals surface area contributed by atoms with Gasteiger partial charge < -0.3 is 14.0 Å². The van der Waals surface area contributed by atoms with Gasteiger partial charge in [0.25, 0.3) is 5.69 Å². The highest BCUT2D eigenvalue weighted by Gasteiger charge is 2.39. The molecule has 0 saturated heterocycles. The van der Waals surface area contributed by atoms with Crippen LogP contribution in [0.25, 0.3) is 0 Å². The van der Waals surface area contributed by atoms with Crippen molar-refractivity contribution in [1.29, 1.82) is 0 Å². The Hall–Kier alpha value is -3.37. The summed E-state index contributed by atoms with van der Waals surface area (Å²) in [6.07, 6.45) is 1.91. The minimum atomic E-state index is -4.06. The van der Waals surface area contributed by atoms with Gasteiger partial charge in [0.1, 0.15) is 0 Å². The fourth-order valence-corrected chi connectivity index (χ4v) is 5.91. The van der Waals surface area contributed by atoms with Crippen LogP contribution in [-0.2, 0) is 16.6 Å². The third kappa shape index (κ3) is 3.61. The van der Waals surface area contributed by atoms with Gasteiger partial charge in [0.15, 0.2) is 11.5 Å². The van der Waals surface area contributed by atoms with Gasteiger partial charge >= 0.3 is 0 Å². The smallest absolute Gasteiger partial charge is 0.270 e. The van der Waals surface area contributed by atoms with Gasteiger partial charge in [0.2, 0.25) is 10.0 Å². The van der Waals surface area contributed by atoms with Crippen LogP contribution >= 0.6 is 0 Å². The number of fused-ring (bicyclic) bond motifs is 1. The Morgan fingerprint density at radius 3 is 2.47 bits per heavy atom. The molecule has 0 bridgehead atoms. The van der Waals surface area contributed by atoms with Crippen molar-refractivity contribution < 1.29 is 22.8 Å². The largest absolute Gasteiger partial charge is 0.493 e.